The summed E-state index contributed by atoms with van der Waals surface area (Å²) >= 11 is 0. The predicted octanol–water partition coefficient (Wildman–Crippen LogP) is 2.91. The summed E-state index contributed by atoms with van der Waals surface area (Å²) in [5, 5.41) is 2.99. The Kier molecular flexibility index (Phi) is 10.4. The number of hydrogen-bond acceptors (Lipinski definition) is 2. The van der Waals surface area contributed by atoms with Crippen molar-refractivity contribution in [2.45, 2.75) is 64.3 Å². The van der Waals surface area contributed by atoms with E-state index in [4.69, 9.17) is 0 Å². The van der Waals surface area contributed by atoms with Crippen molar-refractivity contribution in [3.05, 3.63) is 0 Å². The van der Waals surface area contributed by atoms with E-state index in [1.165, 1.54) is 44.9 Å². The van der Waals surface area contributed by atoms with Crippen LogP contribution in [0.2, 0.25) is 0 Å². The van der Waals surface area contributed by atoms with Crippen LogP contribution in [0.5, 0.6) is 0 Å². The highest BCUT2D eigenvalue weighted by atomic mass is 16.1. The SMILES string of the molecule is CCCCCCCCCC(C=O)NC. The van der Waals surface area contributed by atoms with Gasteiger partial charge in [0.15, 0.2) is 0 Å². The Morgan fingerprint density at radius 3 is 2.14 bits per heavy atom. The Bertz CT molecular complexity index is 125. The first-order valence-corrected chi connectivity index (χ1v) is 5.97. The van der Waals surface area contributed by atoms with E-state index in [0.717, 1.165) is 12.7 Å². The second-order valence-electron chi connectivity index (χ2n) is 3.94. The molecule has 0 rings (SSSR count). The third-order valence-corrected chi connectivity index (χ3v) is 2.65. The van der Waals surface area contributed by atoms with Gasteiger partial charge in [0, 0.05) is 0 Å². The van der Waals surface area contributed by atoms with Crippen molar-refractivity contribution in [1.29, 1.82) is 0 Å². The second kappa shape index (κ2) is 10.7. The standard InChI is InChI=1S/C12H25NO/c1-3-4-5-6-7-8-9-10-12(11-14)13-2/h11-13H,3-10H2,1-2H3. The van der Waals surface area contributed by atoms with Gasteiger partial charge in [-0.15, -0.1) is 0 Å². The molecular formula is C12H25NO. The molecule has 0 amide bonds. The van der Waals surface area contributed by atoms with Gasteiger partial charge in [0.05, 0.1) is 6.04 Å². The molecule has 1 N–H and O–H groups in total. The number of nitrogens with one attached hydrogen (secondary N) is 1. The minimum absolute atomic E-state index is 0.0747. The highest BCUT2D eigenvalue weighted by Crippen LogP contribution is 2.08. The van der Waals surface area contributed by atoms with Crippen molar-refractivity contribution in [1.82, 2.24) is 5.32 Å². The quantitative estimate of drug-likeness (QED) is 0.433. The predicted molar refractivity (Wildman–Crippen MR) is 61.5 cm³/mol. The number of unbranched alkanes of at least 4 members (excludes halogenated alkanes) is 6. The Hall–Kier alpha value is -0.370. The number of aldehydes is 1. The molecule has 0 bridgehead atoms. The molecule has 0 aliphatic rings. The van der Waals surface area contributed by atoms with Gasteiger partial charge in [-0.2, -0.15) is 0 Å². The van der Waals surface area contributed by atoms with Gasteiger partial charge in [0.2, 0.25) is 0 Å². The van der Waals surface area contributed by atoms with Gasteiger partial charge in [-0.1, -0.05) is 51.9 Å². The number of rotatable bonds is 10. The number of carbonyl (C=O) groups is 1. The third kappa shape index (κ3) is 8.24. The van der Waals surface area contributed by atoms with Crippen molar-refractivity contribution in [3.63, 3.8) is 0 Å². The van der Waals surface area contributed by atoms with Crippen molar-refractivity contribution in [2.24, 2.45) is 0 Å². The molecule has 0 aromatic rings. The van der Waals surface area contributed by atoms with E-state index in [2.05, 4.69) is 12.2 Å². The van der Waals surface area contributed by atoms with Gasteiger partial charge in [-0.25, -0.2) is 0 Å². The summed E-state index contributed by atoms with van der Waals surface area (Å²) in [7, 11) is 1.85. The van der Waals surface area contributed by atoms with Crippen LogP contribution in [0, 0.1) is 0 Å². The van der Waals surface area contributed by atoms with E-state index >= 15 is 0 Å². The topological polar surface area (TPSA) is 29.1 Å². The summed E-state index contributed by atoms with van der Waals surface area (Å²) in [4.78, 5) is 10.5. The van der Waals surface area contributed by atoms with Crippen molar-refractivity contribution in [2.75, 3.05) is 7.05 Å². The normalized spacial score (nSPS) is 12.7. The van der Waals surface area contributed by atoms with E-state index in [-0.39, 0.29) is 6.04 Å². The van der Waals surface area contributed by atoms with Crippen LogP contribution in [0.4, 0.5) is 0 Å². The molecule has 0 saturated heterocycles. The lowest BCUT2D eigenvalue weighted by Gasteiger charge is -2.07. The maximum Gasteiger partial charge on any atom is 0.136 e. The molecular weight excluding hydrogens is 174 g/mol. The summed E-state index contributed by atoms with van der Waals surface area (Å²) in [6, 6.07) is 0.0747. The third-order valence-electron chi connectivity index (χ3n) is 2.65. The van der Waals surface area contributed by atoms with E-state index in [1.54, 1.807) is 0 Å². The van der Waals surface area contributed by atoms with Crippen LogP contribution in [0.1, 0.15) is 58.3 Å². The molecule has 0 radical (unpaired) electrons. The maximum atomic E-state index is 10.5. The fourth-order valence-corrected chi connectivity index (χ4v) is 1.60. The van der Waals surface area contributed by atoms with Crippen LogP contribution in [0.15, 0.2) is 0 Å². The van der Waals surface area contributed by atoms with Crippen molar-refractivity contribution < 1.29 is 4.79 Å². The van der Waals surface area contributed by atoms with Crippen LogP contribution >= 0.6 is 0 Å². The zero-order valence-electron chi connectivity index (χ0n) is 9.72. The van der Waals surface area contributed by atoms with Crippen molar-refractivity contribution >= 4 is 6.29 Å². The fourth-order valence-electron chi connectivity index (χ4n) is 1.60. The molecule has 0 aliphatic carbocycles. The molecule has 0 saturated carbocycles. The first-order chi connectivity index (χ1) is 6.85. The molecule has 84 valence electrons. The Morgan fingerprint density at radius 2 is 1.64 bits per heavy atom. The van der Waals surface area contributed by atoms with Gasteiger partial charge >= 0.3 is 0 Å². The number of hydrogen-bond donors (Lipinski definition) is 1. The fraction of sp³-hybridized carbons (Fsp3) is 0.917. The van der Waals surface area contributed by atoms with Crippen molar-refractivity contribution in [3.8, 4) is 0 Å². The minimum atomic E-state index is 0.0747. The largest absolute Gasteiger partial charge is 0.311 e. The molecule has 0 aliphatic heterocycles. The van der Waals surface area contributed by atoms with Gasteiger partial charge < -0.3 is 10.1 Å². The lowest BCUT2D eigenvalue weighted by atomic mass is 10.1. The van der Waals surface area contributed by atoms with Gasteiger partial charge in [-0.05, 0) is 13.5 Å². The number of likely N-dealkylation sites (N-methyl/N-ethyl adjacent to an activating group) is 1. The summed E-state index contributed by atoms with van der Waals surface area (Å²) in [6.45, 7) is 2.24. The molecule has 2 nitrogen and oxygen atoms in total. The van der Waals surface area contributed by atoms with Crippen LogP contribution in [0.3, 0.4) is 0 Å². The summed E-state index contributed by atoms with van der Waals surface area (Å²) in [6.07, 6.45) is 11.2. The molecule has 14 heavy (non-hydrogen) atoms. The minimum Gasteiger partial charge on any atom is -0.311 e. The lowest BCUT2D eigenvalue weighted by Crippen LogP contribution is -2.26. The lowest BCUT2D eigenvalue weighted by molar-refractivity contribution is -0.109. The van der Waals surface area contributed by atoms with E-state index < -0.39 is 0 Å². The molecule has 0 heterocycles. The second-order valence-corrected chi connectivity index (χ2v) is 3.94. The molecule has 1 unspecified atom stereocenters. The summed E-state index contributed by atoms with van der Waals surface area (Å²) in [5.74, 6) is 0. The zero-order valence-corrected chi connectivity index (χ0v) is 9.72. The highest BCUT2D eigenvalue weighted by molar-refractivity contribution is 5.57. The van der Waals surface area contributed by atoms with Crippen LogP contribution in [-0.4, -0.2) is 19.4 Å². The van der Waals surface area contributed by atoms with E-state index in [0.29, 0.717) is 0 Å². The molecule has 2 heteroatoms. The molecule has 1 atom stereocenters. The maximum absolute atomic E-state index is 10.5. The molecule has 0 aromatic carbocycles. The Balaban J connectivity index is 3.08. The highest BCUT2D eigenvalue weighted by Gasteiger charge is 2.01. The summed E-state index contributed by atoms with van der Waals surface area (Å²) in [5.41, 5.74) is 0. The Labute approximate surface area is 88.5 Å². The molecule has 0 fully saturated rings. The Morgan fingerprint density at radius 1 is 1.07 bits per heavy atom. The smallest absolute Gasteiger partial charge is 0.136 e. The monoisotopic (exact) mass is 199 g/mol. The van der Waals surface area contributed by atoms with Crippen LogP contribution in [-0.2, 0) is 4.79 Å². The average Bonchev–Trinajstić information content (AvgIpc) is 2.22. The van der Waals surface area contributed by atoms with Gasteiger partial charge in [0.25, 0.3) is 0 Å². The van der Waals surface area contributed by atoms with Gasteiger partial charge in [0.1, 0.15) is 6.29 Å². The van der Waals surface area contributed by atoms with E-state index in [9.17, 15) is 4.79 Å². The first-order valence-electron chi connectivity index (χ1n) is 5.97. The molecule has 0 aromatic heterocycles. The zero-order chi connectivity index (χ0) is 10.6. The summed E-state index contributed by atoms with van der Waals surface area (Å²) < 4.78 is 0. The van der Waals surface area contributed by atoms with E-state index in [1.807, 2.05) is 7.05 Å². The van der Waals surface area contributed by atoms with Crippen LogP contribution < -0.4 is 5.32 Å². The van der Waals surface area contributed by atoms with Gasteiger partial charge in [-0.3, -0.25) is 0 Å². The van der Waals surface area contributed by atoms with Crippen LogP contribution in [0.25, 0.3) is 0 Å². The first kappa shape index (κ1) is 13.6. The number of carbonyl (C=O) groups excluding carboxylic acids is 1. The molecule has 0 spiro atoms. The average molecular weight is 199 g/mol.